The number of rotatable bonds is 3. The van der Waals surface area contributed by atoms with Crippen molar-refractivity contribution in [3.63, 3.8) is 0 Å². The predicted octanol–water partition coefficient (Wildman–Crippen LogP) is 3.59. The van der Waals surface area contributed by atoms with Gasteiger partial charge in [-0.3, -0.25) is 4.98 Å². The number of halogens is 2. The van der Waals surface area contributed by atoms with Crippen molar-refractivity contribution in [2.24, 2.45) is 5.73 Å². The lowest BCUT2D eigenvalue weighted by Crippen LogP contribution is -1.99. The summed E-state index contributed by atoms with van der Waals surface area (Å²) in [5.41, 5.74) is 6.28. The van der Waals surface area contributed by atoms with E-state index in [4.69, 9.17) is 5.73 Å². The third-order valence-electron chi connectivity index (χ3n) is 2.22. The molecule has 1 aromatic heterocycles. The van der Waals surface area contributed by atoms with E-state index in [2.05, 4.69) is 20.9 Å². The number of benzene rings is 1. The molecule has 0 saturated carbocycles. The van der Waals surface area contributed by atoms with Gasteiger partial charge in [-0.15, -0.1) is 0 Å². The maximum absolute atomic E-state index is 14.0. The lowest BCUT2D eigenvalue weighted by atomic mass is 10.2. The minimum Gasteiger partial charge on any atom is -0.326 e. The largest absolute Gasteiger partial charge is 0.326 e. The topological polar surface area (TPSA) is 38.9 Å². The van der Waals surface area contributed by atoms with Crippen molar-refractivity contribution in [3.8, 4) is 0 Å². The summed E-state index contributed by atoms with van der Waals surface area (Å²) in [4.78, 5) is 5.44. The first-order valence-electron chi connectivity index (χ1n) is 4.97. The molecule has 0 aliphatic carbocycles. The van der Waals surface area contributed by atoms with Crippen LogP contribution in [0.2, 0.25) is 0 Å². The fourth-order valence-electron chi connectivity index (χ4n) is 1.34. The Morgan fingerprint density at radius 1 is 1.24 bits per heavy atom. The second kappa shape index (κ2) is 5.62. The molecule has 2 aromatic rings. The van der Waals surface area contributed by atoms with Gasteiger partial charge in [-0.05, 0) is 39.7 Å². The number of pyridine rings is 1. The van der Waals surface area contributed by atoms with Crippen molar-refractivity contribution < 1.29 is 4.39 Å². The number of nitrogens with zero attached hydrogens (tertiary/aromatic N) is 1. The van der Waals surface area contributed by atoms with E-state index in [9.17, 15) is 4.39 Å². The van der Waals surface area contributed by atoms with Gasteiger partial charge in [0.2, 0.25) is 0 Å². The van der Waals surface area contributed by atoms with E-state index in [1.807, 2.05) is 18.2 Å². The molecule has 0 atom stereocenters. The van der Waals surface area contributed by atoms with Crippen LogP contribution in [-0.4, -0.2) is 4.98 Å². The smallest absolute Gasteiger partial charge is 0.151 e. The minimum absolute atomic E-state index is 0.269. The lowest BCUT2D eigenvalue weighted by molar-refractivity contribution is 0.592. The molecular weight excluding hydrogens is 303 g/mol. The number of aromatic nitrogens is 1. The zero-order valence-electron chi connectivity index (χ0n) is 8.86. The molecule has 0 spiro atoms. The van der Waals surface area contributed by atoms with Gasteiger partial charge in [0.25, 0.3) is 0 Å². The van der Waals surface area contributed by atoms with Crippen LogP contribution >= 0.6 is 27.7 Å². The standard InChI is InChI=1S/C12H10BrFN2S/c13-11-8(7-15)1-2-10(12(11)14)17-9-3-5-16-6-4-9/h1-6H,7,15H2. The maximum atomic E-state index is 14.0. The van der Waals surface area contributed by atoms with Crippen LogP contribution < -0.4 is 5.73 Å². The Balaban J connectivity index is 2.32. The van der Waals surface area contributed by atoms with Gasteiger partial charge in [0.1, 0.15) is 0 Å². The van der Waals surface area contributed by atoms with Crippen LogP contribution in [0.25, 0.3) is 0 Å². The van der Waals surface area contributed by atoms with E-state index in [-0.39, 0.29) is 5.82 Å². The summed E-state index contributed by atoms with van der Waals surface area (Å²) in [6, 6.07) is 7.26. The first-order chi connectivity index (χ1) is 8.22. The third-order valence-corrected chi connectivity index (χ3v) is 4.12. The Morgan fingerprint density at radius 2 is 1.94 bits per heavy atom. The molecule has 2 nitrogen and oxygen atoms in total. The van der Waals surface area contributed by atoms with Crippen molar-refractivity contribution in [2.45, 2.75) is 16.3 Å². The molecule has 0 aliphatic heterocycles. The lowest BCUT2D eigenvalue weighted by Gasteiger charge is -2.07. The Hall–Kier alpha value is -0.910. The van der Waals surface area contributed by atoms with Crippen molar-refractivity contribution in [1.29, 1.82) is 0 Å². The van der Waals surface area contributed by atoms with Gasteiger partial charge < -0.3 is 5.73 Å². The van der Waals surface area contributed by atoms with E-state index < -0.39 is 0 Å². The fourth-order valence-corrected chi connectivity index (χ4v) is 2.82. The zero-order chi connectivity index (χ0) is 12.3. The average Bonchev–Trinajstić information content (AvgIpc) is 2.37. The summed E-state index contributed by atoms with van der Waals surface area (Å²) in [6.45, 7) is 0.317. The molecule has 5 heteroatoms. The second-order valence-corrected chi connectivity index (χ2v) is 5.25. The fraction of sp³-hybridized carbons (Fsp3) is 0.0833. The Kier molecular flexibility index (Phi) is 4.15. The van der Waals surface area contributed by atoms with Crippen molar-refractivity contribution in [1.82, 2.24) is 4.98 Å². The number of hydrogen-bond acceptors (Lipinski definition) is 3. The first kappa shape index (κ1) is 12.5. The molecule has 0 unspecified atom stereocenters. The van der Waals surface area contributed by atoms with E-state index in [1.165, 1.54) is 11.8 Å². The SMILES string of the molecule is NCc1ccc(Sc2ccncc2)c(F)c1Br. The minimum atomic E-state index is -0.269. The molecule has 0 radical (unpaired) electrons. The Bertz CT molecular complexity index is 519. The Morgan fingerprint density at radius 3 is 2.59 bits per heavy atom. The molecule has 2 rings (SSSR count). The van der Waals surface area contributed by atoms with Gasteiger partial charge in [0, 0.05) is 28.7 Å². The summed E-state index contributed by atoms with van der Waals surface area (Å²) >= 11 is 4.59. The summed E-state index contributed by atoms with van der Waals surface area (Å²) < 4.78 is 14.4. The highest BCUT2D eigenvalue weighted by Crippen LogP contribution is 2.34. The van der Waals surface area contributed by atoms with Gasteiger partial charge in [0.15, 0.2) is 5.82 Å². The normalized spacial score (nSPS) is 10.5. The summed E-state index contributed by atoms with van der Waals surface area (Å²) in [5.74, 6) is -0.269. The molecular formula is C12H10BrFN2S. The van der Waals surface area contributed by atoms with Gasteiger partial charge in [-0.1, -0.05) is 17.8 Å². The van der Waals surface area contributed by atoms with Crippen molar-refractivity contribution >= 4 is 27.7 Å². The molecule has 1 heterocycles. The Labute approximate surface area is 112 Å². The third kappa shape index (κ3) is 2.86. The maximum Gasteiger partial charge on any atom is 0.151 e. The van der Waals surface area contributed by atoms with Gasteiger partial charge in [0.05, 0.1) is 4.47 Å². The molecule has 2 N–H and O–H groups in total. The molecule has 0 bridgehead atoms. The van der Waals surface area contributed by atoms with Crippen molar-refractivity contribution in [3.05, 3.63) is 52.5 Å². The highest BCUT2D eigenvalue weighted by Gasteiger charge is 2.11. The van der Waals surface area contributed by atoms with E-state index in [0.29, 0.717) is 15.9 Å². The highest BCUT2D eigenvalue weighted by molar-refractivity contribution is 9.10. The first-order valence-corrected chi connectivity index (χ1v) is 6.58. The summed E-state index contributed by atoms with van der Waals surface area (Å²) in [5, 5.41) is 0. The monoisotopic (exact) mass is 312 g/mol. The van der Waals surface area contributed by atoms with Gasteiger partial charge in [-0.25, -0.2) is 4.39 Å². The van der Waals surface area contributed by atoms with Crippen molar-refractivity contribution in [2.75, 3.05) is 0 Å². The summed E-state index contributed by atoms with van der Waals surface area (Å²) in [7, 11) is 0. The van der Waals surface area contributed by atoms with E-state index in [0.717, 1.165) is 10.5 Å². The highest BCUT2D eigenvalue weighted by atomic mass is 79.9. The molecule has 88 valence electrons. The van der Waals surface area contributed by atoms with E-state index in [1.54, 1.807) is 18.5 Å². The molecule has 17 heavy (non-hydrogen) atoms. The quantitative estimate of drug-likeness (QED) is 0.941. The van der Waals surface area contributed by atoms with E-state index >= 15 is 0 Å². The molecule has 0 saturated heterocycles. The van der Waals surface area contributed by atoms with Crippen LogP contribution in [0.5, 0.6) is 0 Å². The van der Waals surface area contributed by atoms with Crippen LogP contribution in [0.1, 0.15) is 5.56 Å². The van der Waals surface area contributed by atoms with Gasteiger partial charge in [-0.2, -0.15) is 0 Å². The van der Waals surface area contributed by atoms with Crippen LogP contribution in [-0.2, 0) is 6.54 Å². The van der Waals surface area contributed by atoms with Crippen LogP contribution in [0.4, 0.5) is 4.39 Å². The molecule has 1 aromatic carbocycles. The van der Waals surface area contributed by atoms with Gasteiger partial charge >= 0.3 is 0 Å². The number of hydrogen-bond donors (Lipinski definition) is 1. The average molecular weight is 313 g/mol. The molecule has 0 aliphatic rings. The zero-order valence-corrected chi connectivity index (χ0v) is 11.3. The summed E-state index contributed by atoms with van der Waals surface area (Å²) in [6.07, 6.45) is 3.37. The second-order valence-electron chi connectivity index (χ2n) is 3.34. The predicted molar refractivity (Wildman–Crippen MR) is 70.4 cm³/mol. The molecule has 0 fully saturated rings. The van der Waals surface area contributed by atoms with Crippen LogP contribution in [0.15, 0.2) is 50.9 Å². The number of nitrogens with two attached hydrogens (primary N) is 1. The van der Waals surface area contributed by atoms with Crippen LogP contribution in [0, 0.1) is 5.82 Å². The van der Waals surface area contributed by atoms with Crippen LogP contribution in [0.3, 0.4) is 0 Å². The molecule has 0 amide bonds.